The number of esters is 2. The van der Waals surface area contributed by atoms with E-state index in [1.54, 1.807) is 24.3 Å². The van der Waals surface area contributed by atoms with Crippen LogP contribution in [-0.4, -0.2) is 11.9 Å². The van der Waals surface area contributed by atoms with Crippen molar-refractivity contribution in [3.8, 4) is 22.8 Å². The maximum Gasteiger partial charge on any atom is 0.343 e. The Morgan fingerprint density at radius 3 is 1.84 bits per heavy atom. The molecule has 4 N–H and O–H groups in total. The minimum Gasteiger partial charge on any atom is -0.452 e. The summed E-state index contributed by atoms with van der Waals surface area (Å²) in [7, 11) is 0. The fourth-order valence-corrected chi connectivity index (χ4v) is 3.66. The number of nitrogen functional groups attached to an aromatic ring is 2. The molecule has 8 nitrogen and oxygen atoms in total. The fraction of sp³-hybridized carbons (Fsp3) is 0. The normalized spacial score (nSPS) is 10.8. The third kappa shape index (κ3) is 4.93. The number of halogens is 1. The van der Waals surface area contributed by atoms with Crippen molar-refractivity contribution in [2.75, 3.05) is 11.5 Å². The molecule has 1 heterocycles. The first-order valence-electron chi connectivity index (χ1n) is 11.3. The minimum atomic E-state index is -0.830. The third-order valence-electron chi connectivity index (χ3n) is 5.63. The van der Waals surface area contributed by atoms with Gasteiger partial charge in [-0.25, -0.2) is 14.0 Å². The molecule has 5 aromatic rings. The molecule has 0 unspecified atom stereocenters. The zero-order valence-electron chi connectivity index (χ0n) is 19.6. The first kappa shape index (κ1) is 24.3. The van der Waals surface area contributed by atoms with Crippen LogP contribution in [0.1, 0.15) is 20.7 Å². The highest BCUT2D eigenvalue weighted by molar-refractivity contribution is 5.93. The largest absolute Gasteiger partial charge is 0.452 e. The molecular formula is C29H19FN2O6. The van der Waals surface area contributed by atoms with Gasteiger partial charge in [-0.3, -0.25) is 4.79 Å². The molecule has 5 rings (SSSR count). The number of hydrogen-bond donors (Lipinski definition) is 2. The van der Waals surface area contributed by atoms with Crippen molar-refractivity contribution < 1.29 is 27.9 Å². The van der Waals surface area contributed by atoms with E-state index in [4.69, 9.17) is 25.4 Å². The van der Waals surface area contributed by atoms with Crippen molar-refractivity contribution in [3.63, 3.8) is 0 Å². The van der Waals surface area contributed by atoms with Gasteiger partial charge < -0.3 is 25.4 Å². The topological polar surface area (TPSA) is 135 Å². The van der Waals surface area contributed by atoms with Crippen LogP contribution in [0.5, 0.6) is 11.5 Å². The molecule has 188 valence electrons. The monoisotopic (exact) mass is 510 g/mol. The van der Waals surface area contributed by atoms with E-state index < -0.39 is 28.9 Å². The second-order valence-electron chi connectivity index (χ2n) is 8.28. The smallest absolute Gasteiger partial charge is 0.343 e. The van der Waals surface area contributed by atoms with Crippen molar-refractivity contribution in [3.05, 3.63) is 118 Å². The van der Waals surface area contributed by atoms with Gasteiger partial charge in [0.05, 0.1) is 16.5 Å². The van der Waals surface area contributed by atoms with E-state index >= 15 is 0 Å². The van der Waals surface area contributed by atoms with Crippen LogP contribution in [-0.2, 0) is 0 Å². The molecule has 38 heavy (non-hydrogen) atoms. The van der Waals surface area contributed by atoms with Gasteiger partial charge in [0, 0.05) is 16.9 Å². The van der Waals surface area contributed by atoms with E-state index in [0.29, 0.717) is 22.5 Å². The SMILES string of the molecule is Nc1ccc(C(=O)Oc2ccc(-c3oc4ccc(F)cc4c(=O)c3OC(=O)c3ccc(N)cc3)cc2)cc1. The Bertz CT molecular complexity index is 1730. The van der Waals surface area contributed by atoms with Gasteiger partial charge in [-0.15, -0.1) is 0 Å². The maximum atomic E-state index is 13.9. The number of anilines is 2. The summed E-state index contributed by atoms with van der Waals surface area (Å²) in [6.45, 7) is 0. The van der Waals surface area contributed by atoms with E-state index in [2.05, 4.69) is 0 Å². The lowest BCUT2D eigenvalue weighted by Crippen LogP contribution is -2.16. The molecule has 0 aliphatic rings. The van der Waals surface area contributed by atoms with Gasteiger partial charge in [0.2, 0.25) is 11.2 Å². The third-order valence-corrected chi connectivity index (χ3v) is 5.63. The van der Waals surface area contributed by atoms with Crippen LogP contribution in [0.15, 0.2) is 100 Å². The molecular weight excluding hydrogens is 491 g/mol. The number of ether oxygens (including phenoxy) is 2. The Hall–Kier alpha value is -5.44. The standard InChI is InChI=1S/C29H19FN2O6/c30-19-7-14-24-23(15-19)25(33)27(38-29(35)18-3-10-21(32)11-4-18)26(37-24)16-5-12-22(13-6-16)36-28(34)17-1-8-20(31)9-2-17/h1-15H,31-32H2. The average molecular weight is 510 g/mol. The summed E-state index contributed by atoms with van der Waals surface area (Å²) in [6.07, 6.45) is 0. The molecule has 0 atom stereocenters. The van der Waals surface area contributed by atoms with Crippen LogP contribution in [0.4, 0.5) is 15.8 Å². The lowest BCUT2D eigenvalue weighted by molar-refractivity contribution is 0.0723. The molecule has 0 saturated heterocycles. The van der Waals surface area contributed by atoms with Gasteiger partial charge in [-0.2, -0.15) is 0 Å². The summed E-state index contributed by atoms with van der Waals surface area (Å²) < 4.78 is 30.6. The number of nitrogens with two attached hydrogens (primary N) is 2. The molecule has 0 aliphatic heterocycles. The van der Waals surface area contributed by atoms with Gasteiger partial charge in [-0.1, -0.05) is 0 Å². The van der Waals surface area contributed by atoms with Gasteiger partial charge in [0.1, 0.15) is 17.1 Å². The van der Waals surface area contributed by atoms with Crippen molar-refractivity contribution in [1.29, 1.82) is 0 Å². The Balaban J connectivity index is 1.51. The molecule has 0 saturated carbocycles. The second kappa shape index (κ2) is 9.90. The number of rotatable bonds is 5. The molecule has 4 aromatic carbocycles. The van der Waals surface area contributed by atoms with E-state index in [0.717, 1.165) is 12.1 Å². The van der Waals surface area contributed by atoms with Crippen LogP contribution < -0.4 is 26.4 Å². The van der Waals surface area contributed by atoms with Crippen molar-refractivity contribution in [2.24, 2.45) is 0 Å². The summed E-state index contributed by atoms with van der Waals surface area (Å²) in [5.74, 6) is -2.33. The zero-order valence-corrected chi connectivity index (χ0v) is 19.6. The predicted octanol–water partition coefficient (Wildman–Crippen LogP) is 5.20. The number of fused-ring (bicyclic) bond motifs is 1. The molecule has 9 heteroatoms. The van der Waals surface area contributed by atoms with Gasteiger partial charge in [0.15, 0.2) is 5.76 Å². The zero-order chi connectivity index (χ0) is 26.8. The summed E-state index contributed by atoms with van der Waals surface area (Å²) in [4.78, 5) is 38.5. The highest BCUT2D eigenvalue weighted by Crippen LogP contribution is 2.33. The molecule has 0 spiro atoms. The van der Waals surface area contributed by atoms with E-state index in [1.165, 1.54) is 54.6 Å². The highest BCUT2D eigenvalue weighted by Gasteiger charge is 2.22. The van der Waals surface area contributed by atoms with Crippen LogP contribution in [0.25, 0.3) is 22.3 Å². The summed E-state index contributed by atoms with van der Waals surface area (Å²) in [5, 5.41) is -0.0945. The van der Waals surface area contributed by atoms with Crippen molar-refractivity contribution in [1.82, 2.24) is 0 Å². The molecule has 0 fully saturated rings. The first-order chi connectivity index (χ1) is 18.3. The van der Waals surface area contributed by atoms with Gasteiger partial charge >= 0.3 is 11.9 Å². The van der Waals surface area contributed by atoms with Crippen LogP contribution in [0.2, 0.25) is 0 Å². The van der Waals surface area contributed by atoms with Crippen LogP contribution in [0, 0.1) is 5.82 Å². The van der Waals surface area contributed by atoms with Gasteiger partial charge in [-0.05, 0) is 91.0 Å². The Kier molecular flexibility index (Phi) is 6.32. The Morgan fingerprint density at radius 2 is 1.26 bits per heavy atom. The predicted molar refractivity (Wildman–Crippen MR) is 140 cm³/mol. The Morgan fingerprint density at radius 1 is 0.711 bits per heavy atom. The number of carbonyl (C=O) groups is 2. The molecule has 0 bridgehead atoms. The lowest BCUT2D eigenvalue weighted by Gasteiger charge is -2.11. The molecule has 0 radical (unpaired) electrons. The van der Waals surface area contributed by atoms with E-state index in [9.17, 15) is 18.8 Å². The quantitative estimate of drug-likeness (QED) is 0.187. The van der Waals surface area contributed by atoms with Gasteiger partial charge in [0.25, 0.3) is 0 Å². The van der Waals surface area contributed by atoms with Crippen molar-refractivity contribution in [2.45, 2.75) is 0 Å². The summed E-state index contributed by atoms with van der Waals surface area (Å²) >= 11 is 0. The van der Waals surface area contributed by atoms with Crippen LogP contribution >= 0.6 is 0 Å². The molecule has 0 aliphatic carbocycles. The molecule has 0 amide bonds. The highest BCUT2D eigenvalue weighted by atomic mass is 19.1. The Labute approximate surface area is 214 Å². The van der Waals surface area contributed by atoms with E-state index in [1.807, 2.05) is 0 Å². The number of hydrogen-bond acceptors (Lipinski definition) is 8. The van der Waals surface area contributed by atoms with E-state index in [-0.39, 0.29) is 28.0 Å². The lowest BCUT2D eigenvalue weighted by atomic mass is 10.1. The summed E-state index contributed by atoms with van der Waals surface area (Å²) in [5.41, 5.74) is 12.4. The van der Waals surface area contributed by atoms with Crippen molar-refractivity contribution >= 4 is 34.3 Å². The maximum absolute atomic E-state index is 13.9. The van der Waals surface area contributed by atoms with Crippen LogP contribution in [0.3, 0.4) is 0 Å². The summed E-state index contributed by atoms with van der Waals surface area (Å²) in [6, 6.07) is 21.7. The fourth-order valence-electron chi connectivity index (χ4n) is 3.66. The number of benzene rings is 4. The first-order valence-corrected chi connectivity index (χ1v) is 11.3. The minimum absolute atomic E-state index is 0.0608. The second-order valence-corrected chi connectivity index (χ2v) is 8.28. The average Bonchev–Trinajstić information content (AvgIpc) is 2.91. The molecule has 1 aromatic heterocycles. The number of carbonyl (C=O) groups excluding carboxylic acids is 2.